The van der Waals surface area contributed by atoms with E-state index in [0.29, 0.717) is 17.8 Å². The Morgan fingerprint density at radius 1 is 0.451 bits per heavy atom. The molecule has 9 rings (SSSR count). The second-order valence-electron chi connectivity index (χ2n) is 29.0. The van der Waals surface area contributed by atoms with Gasteiger partial charge in [0.15, 0.2) is 0 Å². The van der Waals surface area contributed by atoms with E-state index in [9.17, 15) is 0 Å². The van der Waals surface area contributed by atoms with E-state index >= 15 is 0 Å². The molecule has 5 unspecified atom stereocenters. The predicted molar refractivity (Wildman–Crippen MR) is 414 cm³/mol. The normalized spacial score (nSPS) is 16.8. The minimum Gasteiger partial charge on any atom is -0.173 e. The molecule has 0 aliphatic carbocycles. The van der Waals surface area contributed by atoms with Crippen molar-refractivity contribution in [2.24, 2.45) is 11.8 Å². The lowest BCUT2D eigenvalue weighted by Gasteiger charge is -2.36. The summed E-state index contributed by atoms with van der Waals surface area (Å²) in [5.41, 5.74) is 12.9. The van der Waals surface area contributed by atoms with E-state index in [0.717, 1.165) is 54.2 Å². The first-order valence-electron chi connectivity index (χ1n) is 37.1. The molecule has 0 bridgehead atoms. The molecule has 91 heavy (non-hydrogen) atoms. The summed E-state index contributed by atoms with van der Waals surface area (Å²) in [5.74, 6) is 1.78. The lowest BCUT2D eigenvalue weighted by molar-refractivity contribution is 0.355. The number of thiophene rings is 4. The summed E-state index contributed by atoms with van der Waals surface area (Å²) >= 11 is 11.3. The van der Waals surface area contributed by atoms with Gasteiger partial charge in [0, 0.05) is 71.8 Å². The lowest BCUT2D eigenvalue weighted by Crippen LogP contribution is -2.56. The maximum atomic E-state index is 5.49. The highest BCUT2D eigenvalue weighted by Crippen LogP contribution is 2.56. The fraction of sp³-hybridized carbons (Fsp3) is 0.650. The maximum absolute atomic E-state index is 5.49. The fourth-order valence-electron chi connectivity index (χ4n) is 17.0. The van der Waals surface area contributed by atoms with Gasteiger partial charge in [-0.2, -0.15) is 17.5 Å². The van der Waals surface area contributed by atoms with Crippen LogP contribution in [0.15, 0.2) is 48.5 Å². The standard InChI is InChI=1S/C80H118N4S6Si/c1-18-31-35-37-46-77(16,25-8)65-42-45-68(87-65)80(29-12,30-13)70-58(54(14)39-22-5)49-60(72-74(70)84-90-82-72)62-51-64-76(86-62)75-63(91(64,52-56(23-6)40-33-20-3)53-57(24-7)41-34-21-4)50-61(85-75)59-48-55(15)69(73-71(59)81-89-83-73)78(17,26-9)66-43-44-67(88-66)79(27-10,28-11)47-38-36-32-19-2/h42-45,48-51,54,56-57H,18-41,46-47,52-53H2,1-17H3. The molecule has 1 aliphatic rings. The van der Waals surface area contributed by atoms with Crippen LogP contribution in [0, 0.1) is 18.8 Å². The molecule has 8 aromatic rings. The highest BCUT2D eigenvalue weighted by atomic mass is 32.1. The Bertz CT molecular complexity index is 3580. The topological polar surface area (TPSA) is 51.6 Å². The van der Waals surface area contributed by atoms with Crippen LogP contribution in [-0.2, 0) is 21.7 Å². The fourth-order valence-corrected chi connectivity index (χ4v) is 31.7. The van der Waals surface area contributed by atoms with Gasteiger partial charge in [0.25, 0.3) is 0 Å². The van der Waals surface area contributed by atoms with Crippen LogP contribution in [0.5, 0.6) is 0 Å². The summed E-state index contributed by atoms with van der Waals surface area (Å²) in [6.07, 6.45) is 32.3. The van der Waals surface area contributed by atoms with Gasteiger partial charge in [-0.3, -0.25) is 0 Å². The van der Waals surface area contributed by atoms with Crippen molar-refractivity contribution in [3.8, 4) is 30.6 Å². The van der Waals surface area contributed by atoms with Crippen LogP contribution in [0.2, 0.25) is 12.1 Å². The van der Waals surface area contributed by atoms with Crippen molar-refractivity contribution in [1.82, 2.24) is 17.5 Å². The van der Waals surface area contributed by atoms with Crippen LogP contribution in [0.3, 0.4) is 0 Å². The Labute approximate surface area is 579 Å². The molecule has 2 aromatic carbocycles. The zero-order valence-corrected chi connectivity index (χ0v) is 65.8. The molecule has 0 radical (unpaired) electrons. The van der Waals surface area contributed by atoms with Gasteiger partial charge in [-0.15, -0.1) is 45.3 Å². The monoisotopic (exact) mass is 1350 g/mol. The number of fused-ring (bicyclic) bond motifs is 5. The average molecular weight is 1360 g/mol. The molecule has 7 heterocycles. The molecule has 6 aromatic heterocycles. The van der Waals surface area contributed by atoms with Crippen LogP contribution in [0.25, 0.3) is 52.7 Å². The highest BCUT2D eigenvalue weighted by molar-refractivity contribution is 7.31. The molecule has 0 saturated heterocycles. The number of hydrogen-bond donors (Lipinski definition) is 0. The van der Waals surface area contributed by atoms with Crippen molar-refractivity contribution in [2.75, 3.05) is 0 Å². The molecule has 11 heteroatoms. The molecule has 0 fully saturated rings. The van der Waals surface area contributed by atoms with Crippen molar-refractivity contribution < 1.29 is 0 Å². The Hall–Kier alpha value is -2.90. The molecule has 0 spiro atoms. The molecule has 0 amide bonds. The van der Waals surface area contributed by atoms with Crippen LogP contribution < -0.4 is 10.4 Å². The second-order valence-corrected chi connectivity index (χ2v) is 38.4. The number of aryl methyl sites for hydroxylation is 1. The first kappa shape index (κ1) is 72.4. The van der Waals surface area contributed by atoms with Gasteiger partial charge in [0.2, 0.25) is 0 Å². The third-order valence-electron chi connectivity index (χ3n) is 23.7. The van der Waals surface area contributed by atoms with E-state index in [4.69, 9.17) is 17.5 Å². The van der Waals surface area contributed by atoms with E-state index in [1.165, 1.54) is 223 Å². The van der Waals surface area contributed by atoms with Gasteiger partial charge < -0.3 is 0 Å². The lowest BCUT2D eigenvalue weighted by atomic mass is 9.69. The van der Waals surface area contributed by atoms with Crippen LogP contribution in [-0.4, -0.2) is 25.6 Å². The van der Waals surface area contributed by atoms with E-state index in [1.807, 2.05) is 0 Å². The minimum atomic E-state index is -2.42. The van der Waals surface area contributed by atoms with Gasteiger partial charge in [0.05, 0.1) is 23.5 Å². The molecule has 498 valence electrons. The quantitative estimate of drug-likeness (QED) is 0.0285. The number of aromatic nitrogens is 4. The molecule has 0 saturated carbocycles. The Balaban J connectivity index is 1.23. The summed E-state index contributed by atoms with van der Waals surface area (Å²) in [7, 11) is -2.42. The van der Waals surface area contributed by atoms with E-state index in [2.05, 4.69) is 212 Å². The molecular weight excluding hydrogens is 1240 g/mol. The van der Waals surface area contributed by atoms with Gasteiger partial charge in [-0.25, -0.2) is 0 Å². The van der Waals surface area contributed by atoms with Gasteiger partial charge in [-0.1, -0.05) is 220 Å². The molecule has 1 aliphatic heterocycles. The third-order valence-corrected chi connectivity index (χ3v) is 36.2. The smallest absolute Gasteiger partial charge is 0.122 e. The van der Waals surface area contributed by atoms with Crippen LogP contribution in [0.1, 0.15) is 325 Å². The van der Waals surface area contributed by atoms with E-state index < -0.39 is 8.07 Å². The van der Waals surface area contributed by atoms with Crippen molar-refractivity contribution in [1.29, 1.82) is 0 Å². The minimum absolute atomic E-state index is 0.159. The van der Waals surface area contributed by atoms with Crippen LogP contribution >= 0.6 is 68.8 Å². The zero-order chi connectivity index (χ0) is 65.3. The summed E-state index contributed by atoms with van der Waals surface area (Å²) in [5, 5.41) is 3.47. The number of rotatable bonds is 39. The van der Waals surface area contributed by atoms with Crippen molar-refractivity contribution in [2.45, 2.75) is 324 Å². The Morgan fingerprint density at radius 3 is 1.45 bits per heavy atom. The van der Waals surface area contributed by atoms with E-state index in [-0.39, 0.29) is 21.7 Å². The van der Waals surface area contributed by atoms with Crippen molar-refractivity contribution in [3.05, 3.63) is 90.3 Å². The first-order valence-corrected chi connectivity index (χ1v) is 44.2. The average Bonchev–Trinajstić information content (AvgIpc) is 1.57. The summed E-state index contributed by atoms with van der Waals surface area (Å²) in [4.78, 5) is 12.1. The number of nitrogens with zero attached hydrogens (tertiary/aromatic N) is 4. The summed E-state index contributed by atoms with van der Waals surface area (Å²) in [6.45, 7) is 41.5. The largest absolute Gasteiger partial charge is 0.173 e. The first-order chi connectivity index (χ1) is 44.0. The summed E-state index contributed by atoms with van der Waals surface area (Å²) < 4.78 is 21.6. The van der Waals surface area contributed by atoms with Gasteiger partial charge in [0.1, 0.15) is 30.1 Å². The number of benzene rings is 2. The second kappa shape index (κ2) is 32.0. The Kier molecular flexibility index (Phi) is 25.4. The predicted octanol–water partition coefficient (Wildman–Crippen LogP) is 27.0. The maximum Gasteiger partial charge on any atom is 0.122 e. The SMILES string of the molecule is CCCCCCC(C)(CC)c1ccc(C(CC)(CC)c2c(C(C)CCC)cc(-c3cc4c(s3)-c3sc(-c5cc(C)c(C(C)(CC)c6ccc(C(CC)(CC)CCCCCC)s6)c6nsnc56)cc3[Si]4(CC(CC)CCCC)CC(CC)CCCC)c3nsnc23)s1. The Morgan fingerprint density at radius 2 is 0.945 bits per heavy atom. The van der Waals surface area contributed by atoms with Crippen molar-refractivity contribution >= 4 is 109 Å². The third kappa shape index (κ3) is 14.0. The number of unbranched alkanes of at least 4 members (excludes halogenated alkanes) is 8. The molecule has 4 nitrogen and oxygen atoms in total. The highest BCUT2D eigenvalue weighted by Gasteiger charge is 2.51. The van der Waals surface area contributed by atoms with E-state index in [1.54, 1.807) is 29.9 Å². The molecule has 0 N–H and O–H groups in total. The van der Waals surface area contributed by atoms with Gasteiger partial charge >= 0.3 is 0 Å². The summed E-state index contributed by atoms with van der Waals surface area (Å²) in [6, 6.07) is 23.6. The zero-order valence-electron chi connectivity index (χ0n) is 59.9. The molecular formula is C80H118N4S6Si. The van der Waals surface area contributed by atoms with Gasteiger partial charge in [-0.05, 0) is 176 Å². The number of hydrogen-bond acceptors (Lipinski definition) is 10. The van der Waals surface area contributed by atoms with Crippen molar-refractivity contribution in [3.63, 3.8) is 0 Å². The van der Waals surface area contributed by atoms with Crippen LogP contribution in [0.4, 0.5) is 0 Å². The molecule has 5 atom stereocenters.